The zero-order valence-electron chi connectivity index (χ0n) is 16.3. The number of benzene rings is 2. The molecule has 0 aliphatic heterocycles. The van der Waals surface area contributed by atoms with E-state index in [9.17, 15) is 4.79 Å². The summed E-state index contributed by atoms with van der Waals surface area (Å²) in [5.74, 6) is 1.90. The Hall–Kier alpha value is -2.40. The Balaban J connectivity index is 1.84. The van der Waals surface area contributed by atoms with Crippen molar-refractivity contribution in [3.05, 3.63) is 52.5 Å². The van der Waals surface area contributed by atoms with E-state index in [0.29, 0.717) is 23.1 Å². The molecule has 0 spiro atoms. The van der Waals surface area contributed by atoms with Gasteiger partial charge in [0, 0.05) is 5.02 Å². The summed E-state index contributed by atoms with van der Waals surface area (Å²) in [5.41, 5.74) is 1.83. The van der Waals surface area contributed by atoms with Crippen molar-refractivity contribution in [2.24, 2.45) is 0 Å². The molecule has 2 aromatic rings. The minimum absolute atomic E-state index is 0.167. The van der Waals surface area contributed by atoms with Gasteiger partial charge in [-0.05, 0) is 75.2 Å². The van der Waals surface area contributed by atoms with Crippen LogP contribution < -0.4 is 19.5 Å². The summed E-state index contributed by atoms with van der Waals surface area (Å²) >= 11 is 6.16. The molecule has 5 nitrogen and oxygen atoms in total. The van der Waals surface area contributed by atoms with Gasteiger partial charge in [-0.1, -0.05) is 11.6 Å². The lowest BCUT2D eigenvalue weighted by Gasteiger charge is -2.20. The third-order valence-electron chi connectivity index (χ3n) is 4.04. The highest BCUT2D eigenvalue weighted by molar-refractivity contribution is 6.32. The van der Waals surface area contributed by atoms with E-state index in [1.165, 1.54) is 0 Å². The Morgan fingerprint density at radius 3 is 2.15 bits per heavy atom. The highest BCUT2D eigenvalue weighted by Crippen LogP contribution is 2.26. The van der Waals surface area contributed by atoms with Gasteiger partial charge in [-0.2, -0.15) is 0 Å². The molecule has 2 atom stereocenters. The maximum Gasteiger partial charge on any atom is 0.261 e. The lowest BCUT2D eigenvalue weighted by molar-refractivity contribution is -0.128. The molecule has 2 rings (SSSR count). The molecule has 0 aliphatic rings. The van der Waals surface area contributed by atoms with E-state index in [1.54, 1.807) is 14.0 Å². The van der Waals surface area contributed by atoms with Gasteiger partial charge in [0.2, 0.25) is 0 Å². The fourth-order valence-corrected chi connectivity index (χ4v) is 2.64. The molecule has 2 unspecified atom stereocenters. The lowest BCUT2D eigenvalue weighted by Crippen LogP contribution is -2.43. The van der Waals surface area contributed by atoms with E-state index in [-0.39, 0.29) is 11.9 Å². The summed E-state index contributed by atoms with van der Waals surface area (Å²) < 4.78 is 16.6. The molecule has 0 aromatic heterocycles. The molecule has 0 saturated heterocycles. The Morgan fingerprint density at radius 1 is 1.04 bits per heavy atom. The van der Waals surface area contributed by atoms with Gasteiger partial charge in [0.25, 0.3) is 5.91 Å². The van der Waals surface area contributed by atoms with Gasteiger partial charge in [0.1, 0.15) is 23.9 Å². The van der Waals surface area contributed by atoms with E-state index in [1.807, 2.05) is 57.2 Å². The molecule has 0 heterocycles. The van der Waals surface area contributed by atoms with Gasteiger partial charge in [-0.25, -0.2) is 0 Å². The second-order valence-corrected chi connectivity index (χ2v) is 6.91. The third kappa shape index (κ3) is 6.07. The number of rotatable bonds is 8. The van der Waals surface area contributed by atoms with E-state index < -0.39 is 6.10 Å². The molecule has 146 valence electrons. The minimum atomic E-state index is -0.631. The molecular weight excluding hydrogens is 366 g/mol. The molecule has 0 saturated carbocycles. The van der Waals surface area contributed by atoms with Crippen LogP contribution >= 0.6 is 11.6 Å². The fraction of sp³-hybridized carbons (Fsp3) is 0.381. The van der Waals surface area contributed by atoms with Gasteiger partial charge in [0.15, 0.2) is 6.10 Å². The van der Waals surface area contributed by atoms with Crippen molar-refractivity contribution in [1.82, 2.24) is 5.32 Å². The van der Waals surface area contributed by atoms with Crippen LogP contribution in [0.15, 0.2) is 36.4 Å². The summed E-state index contributed by atoms with van der Waals surface area (Å²) in [6.45, 7) is 7.76. The average Bonchev–Trinajstić information content (AvgIpc) is 2.64. The van der Waals surface area contributed by atoms with Gasteiger partial charge in [-0.3, -0.25) is 4.79 Å². The first-order valence-electron chi connectivity index (χ1n) is 8.80. The van der Waals surface area contributed by atoms with E-state index in [2.05, 4.69) is 5.32 Å². The first-order chi connectivity index (χ1) is 12.8. The Kier molecular flexibility index (Phi) is 7.36. The SMILES string of the molecule is COc1ccc(OCC(C)NC(=O)C(C)Oc2cc(C)c(Cl)c(C)c2)cc1. The number of carbonyl (C=O) groups is 1. The summed E-state index contributed by atoms with van der Waals surface area (Å²) in [6, 6.07) is 10.8. The molecule has 27 heavy (non-hydrogen) atoms. The van der Waals surface area contributed by atoms with Crippen LogP contribution in [-0.4, -0.2) is 31.8 Å². The average molecular weight is 392 g/mol. The van der Waals surface area contributed by atoms with Gasteiger partial charge >= 0.3 is 0 Å². The Bertz CT molecular complexity index is 753. The Labute approximate surface area is 165 Å². The van der Waals surface area contributed by atoms with Crippen molar-refractivity contribution >= 4 is 17.5 Å². The van der Waals surface area contributed by atoms with Crippen molar-refractivity contribution in [3.63, 3.8) is 0 Å². The smallest absolute Gasteiger partial charge is 0.261 e. The number of hydrogen-bond acceptors (Lipinski definition) is 4. The van der Waals surface area contributed by atoms with Crippen molar-refractivity contribution in [2.75, 3.05) is 13.7 Å². The van der Waals surface area contributed by atoms with Gasteiger partial charge in [-0.15, -0.1) is 0 Å². The predicted molar refractivity (Wildman–Crippen MR) is 107 cm³/mol. The largest absolute Gasteiger partial charge is 0.497 e. The number of ether oxygens (including phenoxy) is 3. The molecule has 0 radical (unpaired) electrons. The number of halogens is 1. The first kappa shape index (κ1) is 20.9. The molecule has 6 heteroatoms. The topological polar surface area (TPSA) is 56.8 Å². The summed E-state index contributed by atoms with van der Waals surface area (Å²) in [6.07, 6.45) is -0.631. The number of methoxy groups -OCH3 is 1. The normalized spacial score (nSPS) is 12.8. The van der Waals surface area contributed by atoms with E-state index >= 15 is 0 Å². The summed E-state index contributed by atoms with van der Waals surface area (Å²) in [4.78, 5) is 12.4. The molecule has 1 amide bonds. The van der Waals surface area contributed by atoms with Crippen LogP contribution in [0.2, 0.25) is 5.02 Å². The monoisotopic (exact) mass is 391 g/mol. The molecule has 0 aliphatic carbocycles. The summed E-state index contributed by atoms with van der Waals surface area (Å²) in [5, 5.41) is 3.61. The standard InChI is InChI=1S/C21H26ClNO4/c1-13-10-19(11-14(2)20(13)22)27-16(4)21(24)23-15(3)12-26-18-8-6-17(25-5)7-9-18/h6-11,15-16H,12H2,1-5H3,(H,23,24). The highest BCUT2D eigenvalue weighted by Gasteiger charge is 2.18. The van der Waals surface area contributed by atoms with Crippen LogP contribution in [-0.2, 0) is 4.79 Å². The maximum absolute atomic E-state index is 12.4. The third-order valence-corrected chi connectivity index (χ3v) is 4.64. The second-order valence-electron chi connectivity index (χ2n) is 6.53. The van der Waals surface area contributed by atoms with Crippen molar-refractivity contribution < 1.29 is 19.0 Å². The first-order valence-corrected chi connectivity index (χ1v) is 9.18. The predicted octanol–water partition coefficient (Wildman–Crippen LogP) is 4.32. The van der Waals surface area contributed by atoms with Crippen LogP contribution in [0.4, 0.5) is 0 Å². The van der Waals surface area contributed by atoms with Crippen molar-refractivity contribution in [2.45, 2.75) is 39.8 Å². The van der Waals surface area contributed by atoms with Gasteiger partial charge in [0.05, 0.1) is 13.2 Å². The van der Waals surface area contributed by atoms with Crippen LogP contribution in [0.5, 0.6) is 17.2 Å². The molecular formula is C21H26ClNO4. The summed E-state index contributed by atoms with van der Waals surface area (Å²) in [7, 11) is 1.61. The highest BCUT2D eigenvalue weighted by atomic mass is 35.5. The van der Waals surface area contributed by atoms with Crippen molar-refractivity contribution in [3.8, 4) is 17.2 Å². The number of hydrogen-bond donors (Lipinski definition) is 1. The number of nitrogens with one attached hydrogen (secondary N) is 1. The van der Waals surface area contributed by atoms with E-state index in [0.717, 1.165) is 16.9 Å². The van der Waals surface area contributed by atoms with Crippen LogP contribution in [0, 0.1) is 13.8 Å². The lowest BCUT2D eigenvalue weighted by atomic mass is 10.1. The van der Waals surface area contributed by atoms with Gasteiger partial charge < -0.3 is 19.5 Å². The molecule has 0 fully saturated rings. The minimum Gasteiger partial charge on any atom is -0.497 e. The van der Waals surface area contributed by atoms with E-state index in [4.69, 9.17) is 25.8 Å². The fourth-order valence-electron chi connectivity index (χ4n) is 2.53. The quantitative estimate of drug-likeness (QED) is 0.728. The number of aryl methyl sites for hydroxylation is 2. The van der Waals surface area contributed by atoms with Crippen LogP contribution in [0.25, 0.3) is 0 Å². The number of carbonyl (C=O) groups excluding carboxylic acids is 1. The molecule has 1 N–H and O–H groups in total. The van der Waals surface area contributed by atoms with Crippen molar-refractivity contribution in [1.29, 1.82) is 0 Å². The molecule has 0 bridgehead atoms. The van der Waals surface area contributed by atoms with Crippen LogP contribution in [0.3, 0.4) is 0 Å². The maximum atomic E-state index is 12.4. The van der Waals surface area contributed by atoms with Crippen LogP contribution in [0.1, 0.15) is 25.0 Å². The Morgan fingerprint density at radius 2 is 1.59 bits per heavy atom. The molecule has 2 aromatic carbocycles. The zero-order chi connectivity index (χ0) is 20.0. The zero-order valence-corrected chi connectivity index (χ0v) is 17.1. The second kappa shape index (κ2) is 9.51. The number of amides is 1.